The van der Waals surface area contributed by atoms with Crippen molar-refractivity contribution in [3.05, 3.63) is 22.4 Å². The third-order valence-electron chi connectivity index (χ3n) is 4.06. The predicted molar refractivity (Wildman–Crippen MR) is 84.0 cm³/mol. The molecule has 0 spiro atoms. The molecule has 2 fully saturated rings. The first kappa shape index (κ1) is 15.5. The third-order valence-corrected chi connectivity index (χ3v) is 4.92. The second kappa shape index (κ2) is 7.21. The van der Waals surface area contributed by atoms with Crippen LogP contribution in [0.4, 0.5) is 0 Å². The number of hydrogen-bond donors (Lipinski definition) is 1. The van der Waals surface area contributed by atoms with E-state index in [4.69, 9.17) is 4.74 Å². The number of nitrogens with zero attached hydrogens (tertiary/aromatic N) is 2. The molecule has 0 radical (unpaired) electrons. The summed E-state index contributed by atoms with van der Waals surface area (Å²) in [6.07, 6.45) is 0.401. The van der Waals surface area contributed by atoms with Crippen molar-refractivity contribution in [1.82, 2.24) is 15.1 Å². The molecule has 3 rings (SSSR count). The van der Waals surface area contributed by atoms with Gasteiger partial charge in [0, 0.05) is 39.3 Å². The number of carbonyl (C=O) groups excluding carboxylic acids is 2. The lowest BCUT2D eigenvalue weighted by Crippen LogP contribution is -2.51. The lowest BCUT2D eigenvalue weighted by atomic mass is 10.2. The topological polar surface area (TPSA) is 61.9 Å². The molecule has 0 saturated carbocycles. The SMILES string of the molecule is O=C(CC1CNCCO1)N1CCN(C(=O)c2cccs2)CC1. The van der Waals surface area contributed by atoms with Crippen molar-refractivity contribution in [3.8, 4) is 0 Å². The van der Waals surface area contributed by atoms with Crippen molar-refractivity contribution in [2.45, 2.75) is 12.5 Å². The van der Waals surface area contributed by atoms with Crippen LogP contribution in [0.3, 0.4) is 0 Å². The Balaban J connectivity index is 1.46. The van der Waals surface area contributed by atoms with Gasteiger partial charge in [-0.3, -0.25) is 9.59 Å². The fraction of sp³-hybridized carbons (Fsp3) is 0.600. The van der Waals surface area contributed by atoms with Crippen molar-refractivity contribution in [2.75, 3.05) is 45.9 Å². The standard InChI is InChI=1S/C15H21N3O3S/c19-14(10-12-11-16-3-8-21-12)17-4-6-18(7-5-17)15(20)13-2-1-9-22-13/h1-2,9,12,16H,3-8,10-11H2. The molecule has 1 aromatic rings. The summed E-state index contributed by atoms with van der Waals surface area (Å²) in [5.74, 6) is 0.193. The first-order valence-corrected chi connectivity index (χ1v) is 8.55. The van der Waals surface area contributed by atoms with Crippen LogP contribution < -0.4 is 5.32 Å². The Hall–Kier alpha value is -1.44. The number of nitrogens with one attached hydrogen (secondary N) is 1. The number of hydrogen-bond acceptors (Lipinski definition) is 5. The molecular weight excluding hydrogens is 302 g/mol. The van der Waals surface area contributed by atoms with Gasteiger partial charge in [0.05, 0.1) is 24.0 Å². The zero-order valence-corrected chi connectivity index (χ0v) is 13.3. The van der Waals surface area contributed by atoms with Crippen LogP contribution in [0.25, 0.3) is 0 Å². The highest BCUT2D eigenvalue weighted by molar-refractivity contribution is 7.12. The molecule has 1 aromatic heterocycles. The average Bonchev–Trinajstić information content (AvgIpc) is 3.10. The summed E-state index contributed by atoms with van der Waals surface area (Å²) in [5, 5.41) is 5.14. The molecule has 1 N–H and O–H groups in total. The van der Waals surface area contributed by atoms with E-state index in [9.17, 15) is 9.59 Å². The van der Waals surface area contributed by atoms with Gasteiger partial charge >= 0.3 is 0 Å². The Morgan fingerprint density at radius 2 is 2.05 bits per heavy atom. The van der Waals surface area contributed by atoms with Gasteiger partial charge in [-0.25, -0.2) is 0 Å². The minimum atomic E-state index is -0.0213. The molecule has 22 heavy (non-hydrogen) atoms. The molecule has 0 aliphatic carbocycles. The van der Waals surface area contributed by atoms with E-state index in [0.29, 0.717) is 39.2 Å². The maximum atomic E-state index is 12.3. The van der Waals surface area contributed by atoms with Gasteiger partial charge in [-0.2, -0.15) is 0 Å². The largest absolute Gasteiger partial charge is 0.375 e. The van der Waals surface area contributed by atoms with E-state index in [1.807, 2.05) is 27.3 Å². The summed E-state index contributed by atoms with van der Waals surface area (Å²) in [6.45, 7) is 4.68. The van der Waals surface area contributed by atoms with Crippen LogP contribution in [0.2, 0.25) is 0 Å². The van der Waals surface area contributed by atoms with Gasteiger partial charge in [0.1, 0.15) is 0 Å². The maximum absolute atomic E-state index is 12.3. The fourth-order valence-corrected chi connectivity index (χ4v) is 3.48. The van der Waals surface area contributed by atoms with Gasteiger partial charge in [0.15, 0.2) is 0 Å². The molecule has 7 heteroatoms. The van der Waals surface area contributed by atoms with Crippen LogP contribution in [-0.4, -0.2) is 73.6 Å². The van der Waals surface area contributed by atoms with E-state index < -0.39 is 0 Å². The number of morpholine rings is 1. The zero-order valence-electron chi connectivity index (χ0n) is 12.5. The highest BCUT2D eigenvalue weighted by atomic mass is 32.1. The van der Waals surface area contributed by atoms with E-state index >= 15 is 0 Å². The summed E-state index contributed by atoms with van der Waals surface area (Å²) < 4.78 is 5.57. The Bertz CT molecular complexity index is 506. The third kappa shape index (κ3) is 3.66. The minimum absolute atomic E-state index is 0.0213. The van der Waals surface area contributed by atoms with Gasteiger partial charge in [0.2, 0.25) is 5.91 Å². The molecule has 2 saturated heterocycles. The van der Waals surface area contributed by atoms with Crippen LogP contribution >= 0.6 is 11.3 Å². The van der Waals surface area contributed by atoms with E-state index in [2.05, 4.69) is 5.32 Å². The molecule has 1 unspecified atom stereocenters. The molecule has 3 heterocycles. The van der Waals surface area contributed by atoms with E-state index in [-0.39, 0.29) is 17.9 Å². The summed E-state index contributed by atoms with van der Waals surface area (Å²) >= 11 is 1.46. The molecule has 2 amide bonds. The van der Waals surface area contributed by atoms with Crippen molar-refractivity contribution in [1.29, 1.82) is 0 Å². The molecule has 0 aromatic carbocycles. The first-order chi connectivity index (χ1) is 10.7. The number of amides is 2. The molecule has 1 atom stereocenters. The zero-order chi connectivity index (χ0) is 15.4. The lowest BCUT2D eigenvalue weighted by molar-refractivity contribution is -0.136. The fourth-order valence-electron chi connectivity index (χ4n) is 2.79. The maximum Gasteiger partial charge on any atom is 0.264 e. The highest BCUT2D eigenvalue weighted by Gasteiger charge is 2.27. The average molecular weight is 323 g/mol. The number of carbonyl (C=O) groups is 2. The van der Waals surface area contributed by atoms with E-state index in [0.717, 1.165) is 18.0 Å². The number of rotatable bonds is 3. The first-order valence-electron chi connectivity index (χ1n) is 7.67. The van der Waals surface area contributed by atoms with Crippen LogP contribution in [0.5, 0.6) is 0 Å². The van der Waals surface area contributed by atoms with Crippen LogP contribution in [-0.2, 0) is 9.53 Å². The van der Waals surface area contributed by atoms with E-state index in [1.54, 1.807) is 0 Å². The summed E-state index contributed by atoms with van der Waals surface area (Å²) in [7, 11) is 0. The van der Waals surface area contributed by atoms with Crippen LogP contribution in [0.15, 0.2) is 17.5 Å². The van der Waals surface area contributed by atoms with E-state index in [1.165, 1.54) is 11.3 Å². The summed E-state index contributed by atoms with van der Waals surface area (Å²) in [6, 6.07) is 3.73. The highest BCUT2D eigenvalue weighted by Crippen LogP contribution is 2.14. The smallest absolute Gasteiger partial charge is 0.264 e. The number of piperazine rings is 1. The normalized spacial score (nSPS) is 22.6. The lowest BCUT2D eigenvalue weighted by Gasteiger charge is -2.35. The predicted octanol–water partition coefficient (Wildman–Crippen LogP) is 0.411. The molecule has 120 valence electrons. The number of ether oxygens (including phenoxy) is 1. The van der Waals surface area contributed by atoms with Gasteiger partial charge in [-0.15, -0.1) is 11.3 Å². The van der Waals surface area contributed by atoms with Gasteiger partial charge < -0.3 is 19.9 Å². The van der Waals surface area contributed by atoms with Gasteiger partial charge in [-0.1, -0.05) is 6.07 Å². The molecule has 0 bridgehead atoms. The summed E-state index contributed by atoms with van der Waals surface area (Å²) in [4.78, 5) is 29.0. The monoisotopic (exact) mass is 323 g/mol. The Labute approximate surface area is 134 Å². The molecule has 6 nitrogen and oxygen atoms in total. The van der Waals surface area contributed by atoms with Crippen molar-refractivity contribution in [3.63, 3.8) is 0 Å². The number of thiophene rings is 1. The van der Waals surface area contributed by atoms with Crippen LogP contribution in [0, 0.1) is 0 Å². The second-order valence-corrected chi connectivity index (χ2v) is 6.50. The molecule has 2 aliphatic rings. The molecular formula is C15H21N3O3S. The van der Waals surface area contributed by atoms with Gasteiger partial charge in [-0.05, 0) is 11.4 Å². The Morgan fingerprint density at radius 1 is 1.27 bits per heavy atom. The van der Waals surface area contributed by atoms with Gasteiger partial charge in [0.25, 0.3) is 5.91 Å². The van der Waals surface area contributed by atoms with Crippen LogP contribution in [0.1, 0.15) is 16.1 Å². The summed E-state index contributed by atoms with van der Waals surface area (Å²) in [5.41, 5.74) is 0. The Morgan fingerprint density at radius 3 is 2.68 bits per heavy atom. The minimum Gasteiger partial charge on any atom is -0.375 e. The van der Waals surface area contributed by atoms with Crippen molar-refractivity contribution < 1.29 is 14.3 Å². The Kier molecular flexibility index (Phi) is 5.07. The van der Waals surface area contributed by atoms with Crippen molar-refractivity contribution >= 4 is 23.2 Å². The van der Waals surface area contributed by atoms with Crippen molar-refractivity contribution in [2.24, 2.45) is 0 Å². The second-order valence-electron chi connectivity index (χ2n) is 5.55. The quantitative estimate of drug-likeness (QED) is 0.875. The molecule has 2 aliphatic heterocycles.